The number of carbonyl (C=O) groups is 2. The molecule has 0 saturated heterocycles. The van der Waals surface area contributed by atoms with Crippen LogP contribution < -0.4 is 5.32 Å². The van der Waals surface area contributed by atoms with Crippen molar-refractivity contribution in [3.05, 3.63) is 59.7 Å². The van der Waals surface area contributed by atoms with Crippen molar-refractivity contribution >= 4 is 22.6 Å². The molecule has 1 atom stereocenters. The van der Waals surface area contributed by atoms with Gasteiger partial charge in [0.2, 0.25) is 11.8 Å². The van der Waals surface area contributed by atoms with Gasteiger partial charge in [0.05, 0.1) is 12.5 Å². The molecule has 2 aromatic carbocycles. The van der Waals surface area contributed by atoms with Crippen molar-refractivity contribution in [1.29, 1.82) is 0 Å². The van der Waals surface area contributed by atoms with Crippen LogP contribution in [0.1, 0.15) is 55.9 Å². The zero-order valence-corrected chi connectivity index (χ0v) is 15.9. The van der Waals surface area contributed by atoms with Crippen LogP contribution in [0, 0.1) is 0 Å². The van der Waals surface area contributed by atoms with E-state index in [4.69, 9.17) is 4.52 Å². The van der Waals surface area contributed by atoms with Crippen LogP contribution in [0.15, 0.2) is 47.0 Å². The molecular weight excluding hydrogens is 358 g/mol. The topological polar surface area (TPSA) is 105 Å². The van der Waals surface area contributed by atoms with Gasteiger partial charge < -0.3 is 14.9 Å². The van der Waals surface area contributed by atoms with E-state index in [2.05, 4.69) is 15.5 Å². The van der Waals surface area contributed by atoms with Gasteiger partial charge >= 0.3 is 5.97 Å². The number of carboxylic acids is 1. The van der Waals surface area contributed by atoms with Crippen LogP contribution in [0.25, 0.3) is 10.8 Å². The van der Waals surface area contributed by atoms with Crippen molar-refractivity contribution in [2.24, 2.45) is 0 Å². The summed E-state index contributed by atoms with van der Waals surface area (Å²) in [6.07, 6.45) is 0.259. The third-order valence-corrected chi connectivity index (χ3v) is 4.46. The van der Waals surface area contributed by atoms with E-state index in [0.29, 0.717) is 18.1 Å². The number of hydrogen-bond acceptors (Lipinski definition) is 5. The molecule has 0 aliphatic carbocycles. The van der Waals surface area contributed by atoms with Crippen LogP contribution in [0.5, 0.6) is 0 Å². The van der Waals surface area contributed by atoms with Gasteiger partial charge in [0.25, 0.3) is 0 Å². The average Bonchev–Trinajstić information content (AvgIpc) is 3.14. The van der Waals surface area contributed by atoms with Crippen LogP contribution in [0.3, 0.4) is 0 Å². The number of fused-ring (bicyclic) bond motifs is 1. The fourth-order valence-corrected chi connectivity index (χ4v) is 2.94. The largest absolute Gasteiger partial charge is 0.481 e. The summed E-state index contributed by atoms with van der Waals surface area (Å²) in [4.78, 5) is 27.9. The van der Waals surface area contributed by atoms with E-state index in [1.807, 2.05) is 56.3 Å². The Hall–Kier alpha value is -3.22. The fourth-order valence-electron chi connectivity index (χ4n) is 2.94. The highest BCUT2D eigenvalue weighted by atomic mass is 16.5. The smallest absolute Gasteiger partial charge is 0.305 e. The van der Waals surface area contributed by atoms with E-state index in [0.717, 1.165) is 16.3 Å². The molecule has 0 unspecified atom stereocenters. The average molecular weight is 381 g/mol. The number of aromatic nitrogens is 2. The lowest BCUT2D eigenvalue weighted by molar-refractivity contribution is -0.137. The predicted octanol–water partition coefficient (Wildman–Crippen LogP) is 3.61. The molecule has 0 radical (unpaired) electrons. The molecule has 1 amide bonds. The molecule has 0 aliphatic heterocycles. The first-order valence-electron chi connectivity index (χ1n) is 9.24. The van der Waals surface area contributed by atoms with Gasteiger partial charge in [-0.15, -0.1) is 0 Å². The Morgan fingerprint density at radius 2 is 1.89 bits per heavy atom. The maximum atomic E-state index is 12.4. The van der Waals surface area contributed by atoms with Gasteiger partial charge in [-0.1, -0.05) is 55.4 Å². The number of aryl methyl sites for hydroxylation is 1. The Morgan fingerprint density at radius 3 is 2.57 bits per heavy atom. The highest BCUT2D eigenvalue weighted by Crippen LogP contribution is 2.23. The van der Waals surface area contributed by atoms with Crippen molar-refractivity contribution in [1.82, 2.24) is 15.5 Å². The standard InChI is InChI=1S/C21H23N3O4/c1-13(2)21-23-19(28-24-21)10-9-18(25)22-17(12-20(26)27)16-8-7-14-5-3-4-6-15(14)11-16/h3-8,11,13,17H,9-10,12H2,1-2H3,(H,22,25)(H,26,27)/t17-/m0/s1. The molecule has 1 heterocycles. The summed E-state index contributed by atoms with van der Waals surface area (Å²) < 4.78 is 5.14. The van der Waals surface area contributed by atoms with E-state index in [1.54, 1.807) is 0 Å². The fraction of sp³-hybridized carbons (Fsp3) is 0.333. The van der Waals surface area contributed by atoms with Gasteiger partial charge in [-0.3, -0.25) is 9.59 Å². The van der Waals surface area contributed by atoms with Crippen LogP contribution in [-0.2, 0) is 16.0 Å². The molecular formula is C21H23N3O4. The molecule has 1 aromatic heterocycles. The molecule has 0 fully saturated rings. The number of nitrogens with zero attached hydrogens (tertiary/aromatic N) is 2. The molecule has 7 nitrogen and oxygen atoms in total. The number of amides is 1. The third kappa shape index (κ3) is 4.94. The number of hydrogen-bond donors (Lipinski definition) is 2. The van der Waals surface area contributed by atoms with Crippen LogP contribution >= 0.6 is 0 Å². The van der Waals surface area contributed by atoms with Crippen molar-refractivity contribution in [2.45, 2.75) is 45.1 Å². The maximum absolute atomic E-state index is 12.4. The molecule has 2 N–H and O–H groups in total. The minimum absolute atomic E-state index is 0.142. The first-order valence-corrected chi connectivity index (χ1v) is 9.24. The lowest BCUT2D eigenvalue weighted by atomic mass is 9.99. The zero-order chi connectivity index (χ0) is 20.1. The van der Waals surface area contributed by atoms with Gasteiger partial charge in [-0.25, -0.2) is 0 Å². The summed E-state index contributed by atoms with van der Waals surface area (Å²) in [5.74, 6) is -0.0746. The number of rotatable bonds is 8. The molecule has 3 aromatic rings. The van der Waals surface area contributed by atoms with Crippen molar-refractivity contribution in [3.63, 3.8) is 0 Å². The van der Waals surface area contributed by atoms with E-state index in [-0.39, 0.29) is 24.7 Å². The first kappa shape index (κ1) is 19.5. The highest BCUT2D eigenvalue weighted by Gasteiger charge is 2.19. The van der Waals surface area contributed by atoms with Crippen LogP contribution in [0.4, 0.5) is 0 Å². The van der Waals surface area contributed by atoms with Gasteiger partial charge in [-0.2, -0.15) is 4.98 Å². The first-order chi connectivity index (χ1) is 13.4. The summed E-state index contributed by atoms with van der Waals surface area (Å²) >= 11 is 0. The Morgan fingerprint density at radius 1 is 1.14 bits per heavy atom. The maximum Gasteiger partial charge on any atom is 0.305 e. The summed E-state index contributed by atoms with van der Waals surface area (Å²) in [6, 6.07) is 12.9. The Balaban J connectivity index is 1.68. The predicted molar refractivity (Wildman–Crippen MR) is 104 cm³/mol. The number of nitrogens with one attached hydrogen (secondary N) is 1. The molecule has 0 aliphatic rings. The minimum atomic E-state index is -0.975. The zero-order valence-electron chi connectivity index (χ0n) is 15.9. The number of aliphatic carboxylic acids is 1. The normalized spacial score (nSPS) is 12.2. The summed E-state index contributed by atoms with van der Waals surface area (Å²) in [5.41, 5.74) is 0.759. The van der Waals surface area contributed by atoms with Gasteiger partial charge in [0, 0.05) is 18.8 Å². The Kier molecular flexibility index (Phi) is 6.03. The summed E-state index contributed by atoms with van der Waals surface area (Å²) in [5, 5.41) is 18.0. The van der Waals surface area contributed by atoms with E-state index in [9.17, 15) is 14.7 Å². The highest BCUT2D eigenvalue weighted by molar-refractivity contribution is 5.84. The quantitative estimate of drug-likeness (QED) is 0.617. The van der Waals surface area contributed by atoms with Gasteiger partial charge in [0.15, 0.2) is 5.82 Å². The summed E-state index contributed by atoms with van der Waals surface area (Å²) in [6.45, 7) is 3.92. The van der Waals surface area contributed by atoms with E-state index in [1.165, 1.54) is 0 Å². The lowest BCUT2D eigenvalue weighted by Crippen LogP contribution is -2.30. The Labute approximate surface area is 162 Å². The van der Waals surface area contributed by atoms with E-state index >= 15 is 0 Å². The molecule has 28 heavy (non-hydrogen) atoms. The second kappa shape index (κ2) is 8.65. The van der Waals surface area contributed by atoms with Crippen LogP contribution in [0.2, 0.25) is 0 Å². The van der Waals surface area contributed by atoms with Crippen molar-refractivity contribution < 1.29 is 19.2 Å². The van der Waals surface area contributed by atoms with Gasteiger partial charge in [-0.05, 0) is 22.4 Å². The third-order valence-electron chi connectivity index (χ3n) is 4.46. The van der Waals surface area contributed by atoms with Crippen molar-refractivity contribution in [3.8, 4) is 0 Å². The van der Waals surface area contributed by atoms with E-state index < -0.39 is 12.0 Å². The lowest BCUT2D eigenvalue weighted by Gasteiger charge is -2.18. The molecule has 0 saturated carbocycles. The Bertz CT molecular complexity index is 980. The minimum Gasteiger partial charge on any atom is -0.481 e. The molecule has 7 heteroatoms. The van der Waals surface area contributed by atoms with Crippen molar-refractivity contribution in [2.75, 3.05) is 0 Å². The van der Waals surface area contributed by atoms with Gasteiger partial charge in [0.1, 0.15) is 0 Å². The SMILES string of the molecule is CC(C)c1noc(CCC(=O)N[C@@H](CC(=O)O)c2ccc3ccccc3c2)n1. The summed E-state index contributed by atoms with van der Waals surface area (Å²) in [7, 11) is 0. The van der Waals surface area contributed by atoms with Crippen LogP contribution in [-0.4, -0.2) is 27.1 Å². The second-order valence-electron chi connectivity index (χ2n) is 7.03. The number of carboxylic acid groups (broad SMARTS) is 1. The molecule has 146 valence electrons. The molecule has 0 spiro atoms. The monoisotopic (exact) mass is 381 g/mol. The number of benzene rings is 2. The molecule has 3 rings (SSSR count). The second-order valence-corrected chi connectivity index (χ2v) is 7.03. The molecule has 0 bridgehead atoms. The number of carbonyl (C=O) groups excluding carboxylic acids is 1.